The first kappa shape index (κ1) is 14.5. The van der Waals surface area contributed by atoms with Gasteiger partial charge in [-0.15, -0.1) is 23.7 Å². The third-order valence-corrected chi connectivity index (χ3v) is 4.72. The third-order valence-electron chi connectivity index (χ3n) is 3.11. The van der Waals surface area contributed by atoms with Crippen molar-refractivity contribution in [2.75, 3.05) is 13.1 Å². The highest BCUT2D eigenvalue weighted by Gasteiger charge is 2.27. The van der Waals surface area contributed by atoms with Gasteiger partial charge in [0.15, 0.2) is 0 Å². The van der Waals surface area contributed by atoms with E-state index in [1.807, 2.05) is 11.3 Å². The summed E-state index contributed by atoms with van der Waals surface area (Å²) in [5.41, 5.74) is 5.72. The van der Waals surface area contributed by atoms with E-state index in [0.29, 0.717) is 12.0 Å². The minimum absolute atomic E-state index is 0. The molecule has 2 N–H and O–H groups in total. The Balaban J connectivity index is 0.00000128. The molecule has 2 rings (SSSR count). The zero-order valence-electron chi connectivity index (χ0n) is 9.36. The van der Waals surface area contributed by atoms with Crippen LogP contribution in [-0.4, -0.2) is 24.0 Å². The Morgan fingerprint density at radius 3 is 2.81 bits per heavy atom. The summed E-state index contributed by atoms with van der Waals surface area (Å²) in [4.78, 5) is 3.97. The molecule has 2 nitrogen and oxygen atoms in total. The van der Waals surface area contributed by atoms with Gasteiger partial charge in [0.1, 0.15) is 0 Å². The van der Waals surface area contributed by atoms with Gasteiger partial charge in [0.25, 0.3) is 0 Å². The molecule has 0 amide bonds. The van der Waals surface area contributed by atoms with Crippen LogP contribution in [0.1, 0.15) is 18.2 Å². The molecule has 0 aromatic carbocycles. The minimum Gasteiger partial charge on any atom is -0.330 e. The zero-order chi connectivity index (χ0) is 10.8. The summed E-state index contributed by atoms with van der Waals surface area (Å²) in [5.74, 6) is 0.698. The molecular weight excluding hydrogens is 308 g/mol. The highest BCUT2D eigenvalue weighted by Crippen LogP contribution is 2.28. The highest BCUT2D eigenvalue weighted by molar-refractivity contribution is 9.11. The molecule has 1 fully saturated rings. The maximum atomic E-state index is 5.72. The summed E-state index contributed by atoms with van der Waals surface area (Å²) in [6.45, 7) is 5.37. The number of likely N-dealkylation sites (tertiary alicyclic amines) is 1. The number of halogens is 2. The van der Waals surface area contributed by atoms with Gasteiger partial charge < -0.3 is 5.73 Å². The zero-order valence-corrected chi connectivity index (χ0v) is 12.6. The number of thiophene rings is 1. The van der Waals surface area contributed by atoms with Crippen molar-refractivity contribution in [2.24, 2.45) is 11.7 Å². The lowest BCUT2D eigenvalue weighted by molar-refractivity contribution is 0.258. The predicted octanol–water partition coefficient (Wildman–Crippen LogP) is 3.10. The normalized spacial score (nSPS) is 25.7. The van der Waals surface area contributed by atoms with E-state index in [2.05, 4.69) is 39.9 Å². The molecule has 1 aromatic rings. The molecule has 2 heterocycles. The summed E-state index contributed by atoms with van der Waals surface area (Å²) in [6.07, 6.45) is 1.25. The Morgan fingerprint density at radius 2 is 2.31 bits per heavy atom. The van der Waals surface area contributed by atoms with Crippen molar-refractivity contribution < 1.29 is 0 Å². The van der Waals surface area contributed by atoms with E-state index in [9.17, 15) is 0 Å². The van der Waals surface area contributed by atoms with E-state index in [1.54, 1.807) is 0 Å². The lowest BCUT2D eigenvalue weighted by Crippen LogP contribution is -2.26. The maximum absolute atomic E-state index is 5.72. The second kappa shape index (κ2) is 6.36. The molecule has 0 aliphatic carbocycles. The van der Waals surface area contributed by atoms with Crippen molar-refractivity contribution in [1.29, 1.82) is 0 Å². The van der Waals surface area contributed by atoms with Crippen molar-refractivity contribution in [3.63, 3.8) is 0 Å². The second-order valence-electron chi connectivity index (χ2n) is 4.32. The van der Waals surface area contributed by atoms with Gasteiger partial charge in [-0.2, -0.15) is 0 Å². The van der Waals surface area contributed by atoms with Crippen LogP contribution in [0.5, 0.6) is 0 Å². The van der Waals surface area contributed by atoms with Crippen molar-refractivity contribution in [2.45, 2.75) is 25.9 Å². The van der Waals surface area contributed by atoms with Gasteiger partial charge in [-0.05, 0) is 53.9 Å². The molecule has 2 atom stereocenters. The minimum atomic E-state index is 0. The Hall–Kier alpha value is 0.390. The van der Waals surface area contributed by atoms with E-state index in [4.69, 9.17) is 5.73 Å². The molecule has 0 bridgehead atoms. The monoisotopic (exact) mass is 324 g/mol. The van der Waals surface area contributed by atoms with Gasteiger partial charge in [0, 0.05) is 24.0 Å². The van der Waals surface area contributed by atoms with Crippen molar-refractivity contribution in [3.8, 4) is 0 Å². The van der Waals surface area contributed by atoms with Gasteiger partial charge >= 0.3 is 0 Å². The smallest absolute Gasteiger partial charge is 0.0701 e. The predicted molar refractivity (Wildman–Crippen MR) is 76.3 cm³/mol. The van der Waals surface area contributed by atoms with Gasteiger partial charge in [-0.25, -0.2) is 0 Å². The van der Waals surface area contributed by atoms with Crippen LogP contribution < -0.4 is 5.73 Å². The number of hydrogen-bond acceptors (Lipinski definition) is 3. The van der Waals surface area contributed by atoms with Gasteiger partial charge in [0.05, 0.1) is 3.79 Å². The molecule has 2 unspecified atom stereocenters. The summed E-state index contributed by atoms with van der Waals surface area (Å²) in [7, 11) is 0. The summed E-state index contributed by atoms with van der Waals surface area (Å²) < 4.78 is 1.22. The van der Waals surface area contributed by atoms with Gasteiger partial charge in [0.2, 0.25) is 0 Å². The molecule has 1 aromatic heterocycles. The van der Waals surface area contributed by atoms with Gasteiger partial charge in [-0.1, -0.05) is 0 Å². The molecule has 0 spiro atoms. The number of hydrogen-bond donors (Lipinski definition) is 1. The second-order valence-corrected chi connectivity index (χ2v) is 6.87. The Morgan fingerprint density at radius 1 is 1.56 bits per heavy atom. The molecule has 16 heavy (non-hydrogen) atoms. The maximum Gasteiger partial charge on any atom is 0.0701 e. The Labute approximate surface area is 116 Å². The topological polar surface area (TPSA) is 29.3 Å². The lowest BCUT2D eigenvalue weighted by atomic mass is 10.1. The summed E-state index contributed by atoms with van der Waals surface area (Å²) in [5, 5.41) is 0. The average molecular weight is 326 g/mol. The molecule has 0 radical (unpaired) electrons. The fourth-order valence-corrected chi connectivity index (χ4v) is 3.75. The van der Waals surface area contributed by atoms with E-state index in [0.717, 1.165) is 19.6 Å². The molecule has 1 aliphatic heterocycles. The SMILES string of the molecule is CC1CC(CN)CN1Cc1ccc(Br)s1.Cl. The van der Waals surface area contributed by atoms with E-state index < -0.39 is 0 Å². The van der Waals surface area contributed by atoms with Crippen molar-refractivity contribution in [3.05, 3.63) is 20.8 Å². The highest BCUT2D eigenvalue weighted by atomic mass is 79.9. The first-order valence-corrected chi connectivity index (χ1v) is 6.98. The Bertz CT molecular complexity index is 332. The first-order chi connectivity index (χ1) is 7.19. The Kier molecular flexibility index (Phi) is 5.74. The van der Waals surface area contributed by atoms with E-state index in [-0.39, 0.29) is 12.4 Å². The summed E-state index contributed by atoms with van der Waals surface area (Å²) >= 11 is 5.33. The standard InChI is InChI=1S/C11H17BrN2S.ClH/c1-8-4-9(5-13)6-14(8)7-10-2-3-11(12)15-10;/h2-3,8-9H,4-7,13H2,1H3;1H. The summed E-state index contributed by atoms with van der Waals surface area (Å²) in [6, 6.07) is 5.01. The quantitative estimate of drug-likeness (QED) is 0.925. The van der Waals surface area contributed by atoms with Crippen LogP contribution in [-0.2, 0) is 6.54 Å². The van der Waals surface area contributed by atoms with Crippen LogP contribution in [0.25, 0.3) is 0 Å². The molecule has 0 saturated carbocycles. The van der Waals surface area contributed by atoms with Crippen LogP contribution in [0.15, 0.2) is 15.9 Å². The fourth-order valence-electron chi connectivity index (χ4n) is 2.25. The first-order valence-electron chi connectivity index (χ1n) is 5.37. The average Bonchev–Trinajstić information content (AvgIpc) is 2.75. The largest absolute Gasteiger partial charge is 0.330 e. The third kappa shape index (κ3) is 3.44. The molecule has 92 valence electrons. The van der Waals surface area contributed by atoms with Crippen molar-refractivity contribution in [1.82, 2.24) is 4.90 Å². The molecule has 1 saturated heterocycles. The van der Waals surface area contributed by atoms with Gasteiger partial charge in [-0.3, -0.25) is 4.90 Å². The lowest BCUT2D eigenvalue weighted by Gasteiger charge is -2.19. The van der Waals surface area contributed by atoms with E-state index >= 15 is 0 Å². The van der Waals surface area contributed by atoms with Crippen LogP contribution in [0, 0.1) is 5.92 Å². The van der Waals surface area contributed by atoms with Crippen LogP contribution in [0.3, 0.4) is 0 Å². The van der Waals surface area contributed by atoms with Crippen LogP contribution >= 0.6 is 39.7 Å². The van der Waals surface area contributed by atoms with E-state index in [1.165, 1.54) is 15.1 Å². The molecule has 1 aliphatic rings. The molecular formula is C11H18BrClN2S. The fraction of sp³-hybridized carbons (Fsp3) is 0.636. The van der Waals surface area contributed by atoms with Crippen molar-refractivity contribution >= 4 is 39.7 Å². The van der Waals surface area contributed by atoms with Crippen LogP contribution in [0.4, 0.5) is 0 Å². The number of nitrogens with zero attached hydrogens (tertiary/aromatic N) is 1. The number of rotatable bonds is 3. The van der Waals surface area contributed by atoms with Crippen LogP contribution in [0.2, 0.25) is 0 Å². The molecule has 5 heteroatoms. The number of nitrogens with two attached hydrogens (primary N) is 1.